The van der Waals surface area contributed by atoms with Crippen molar-refractivity contribution < 1.29 is 9.90 Å². The third kappa shape index (κ3) is 4.17. The number of hydrogen-bond donors (Lipinski definition) is 0. The van der Waals surface area contributed by atoms with Gasteiger partial charge < -0.3 is 4.42 Å². The molecule has 0 N–H and O–H groups in total. The number of rotatable bonds is 4. The van der Waals surface area contributed by atoms with Gasteiger partial charge in [0.25, 0.3) is 0 Å². The van der Waals surface area contributed by atoms with Crippen LogP contribution in [0.2, 0.25) is 0 Å². The van der Waals surface area contributed by atoms with Gasteiger partial charge in [-0.15, -0.1) is 0 Å². The molecule has 1 heteroatoms. The smallest absolute Gasteiger partial charge is 0.135 e. The molecule has 9 rings (SSSR count). The van der Waals surface area contributed by atoms with Crippen LogP contribution in [0.25, 0.3) is 88.0 Å². The van der Waals surface area contributed by atoms with E-state index in [2.05, 4.69) is 48.5 Å². The highest BCUT2D eigenvalue weighted by molar-refractivity contribution is 6.22. The minimum atomic E-state index is -0.0742. The van der Waals surface area contributed by atoms with Gasteiger partial charge in [-0.2, -0.15) is 0 Å². The Kier molecular flexibility index (Phi) is 5.00. The van der Waals surface area contributed by atoms with Crippen LogP contribution in [0.1, 0.15) is 5.48 Å². The van der Waals surface area contributed by atoms with Crippen molar-refractivity contribution in [3.05, 3.63) is 170 Å². The summed E-state index contributed by atoms with van der Waals surface area (Å²) in [5.41, 5.74) is 7.75. The van der Waals surface area contributed by atoms with Crippen LogP contribution in [0.3, 0.4) is 0 Å². The fourth-order valence-corrected chi connectivity index (χ4v) is 6.72. The highest BCUT2D eigenvalue weighted by Gasteiger charge is 2.18. The van der Waals surface area contributed by atoms with Crippen LogP contribution in [0, 0.1) is 0 Å². The maximum absolute atomic E-state index is 9.43. The summed E-state index contributed by atoms with van der Waals surface area (Å²) in [6.07, 6.45) is 0. The molecule has 1 heterocycles. The molecule has 0 saturated carbocycles. The first-order chi connectivity index (χ1) is 24.0. The van der Waals surface area contributed by atoms with Gasteiger partial charge in [-0.25, -0.2) is 0 Å². The molecule has 0 saturated heterocycles. The molecule has 1 nitrogen and oxygen atoms in total. The van der Waals surface area contributed by atoms with E-state index in [0.717, 1.165) is 60.2 Å². The van der Waals surface area contributed by atoms with Gasteiger partial charge in [0.05, 0.1) is 5.48 Å². The Balaban J connectivity index is 1.33. The fraction of sp³-hybridized carbons (Fsp3) is 0. The van der Waals surface area contributed by atoms with Gasteiger partial charge in [0.15, 0.2) is 0 Å². The van der Waals surface area contributed by atoms with Crippen molar-refractivity contribution in [1.29, 1.82) is 0 Å². The van der Waals surface area contributed by atoms with E-state index in [1.807, 2.05) is 97.1 Å². The van der Waals surface area contributed by atoms with Gasteiger partial charge in [0.2, 0.25) is 0 Å². The first-order valence-corrected chi connectivity index (χ1v) is 15.1. The highest BCUT2D eigenvalue weighted by atomic mass is 16.3. The van der Waals surface area contributed by atoms with Crippen LogP contribution >= 0.6 is 0 Å². The number of furan rings is 1. The molecule has 0 spiro atoms. The zero-order valence-electron chi connectivity index (χ0n) is 28.3. The van der Waals surface area contributed by atoms with Crippen LogP contribution < -0.4 is 0 Å². The lowest BCUT2D eigenvalue weighted by atomic mass is 9.83. The quantitative estimate of drug-likeness (QED) is 0.190. The van der Waals surface area contributed by atoms with Crippen LogP contribution in [0.4, 0.5) is 0 Å². The standard InChI is InChI=1S/C44H28O/c1-2-12-30(13-3-1)33-14-4-5-16-35(33)44-38-19-8-6-17-36(38)43(37-18-7-9-20-39(37)44)31-24-22-29(23-25-31)32-26-27-42-40(28-32)34-15-10-11-21-41(34)45-42/h1-28H/i22D,23D,24D,25D. The first-order valence-electron chi connectivity index (χ1n) is 17.1. The van der Waals surface area contributed by atoms with Crippen molar-refractivity contribution in [1.82, 2.24) is 0 Å². The Hall–Kier alpha value is -5.92. The molecule has 0 aliphatic carbocycles. The van der Waals surface area contributed by atoms with Crippen LogP contribution in [0.15, 0.2) is 174 Å². The zero-order valence-corrected chi connectivity index (χ0v) is 24.3. The molecule has 210 valence electrons. The van der Waals surface area contributed by atoms with E-state index in [4.69, 9.17) is 4.42 Å². The number of hydrogen-bond acceptors (Lipinski definition) is 1. The van der Waals surface area contributed by atoms with Crippen molar-refractivity contribution in [2.24, 2.45) is 0 Å². The lowest BCUT2D eigenvalue weighted by Crippen LogP contribution is -1.92. The van der Waals surface area contributed by atoms with Gasteiger partial charge in [-0.05, 0) is 84.3 Å². The van der Waals surface area contributed by atoms with Gasteiger partial charge in [-0.3, -0.25) is 0 Å². The Labute approximate surface area is 267 Å². The molecule has 0 atom stereocenters. The second-order valence-corrected chi connectivity index (χ2v) is 11.3. The summed E-state index contributed by atoms with van der Waals surface area (Å²) in [4.78, 5) is 0. The molecular weight excluding hydrogens is 544 g/mol. The summed E-state index contributed by atoms with van der Waals surface area (Å²) in [5, 5.41) is 5.53. The Morgan fingerprint density at radius 2 is 0.844 bits per heavy atom. The summed E-state index contributed by atoms with van der Waals surface area (Å²) in [7, 11) is 0. The molecule has 0 radical (unpaired) electrons. The molecule has 9 aromatic rings. The minimum absolute atomic E-state index is 0.0686. The topological polar surface area (TPSA) is 13.1 Å². The van der Waals surface area contributed by atoms with Crippen molar-refractivity contribution in [3.63, 3.8) is 0 Å². The van der Waals surface area contributed by atoms with Crippen molar-refractivity contribution in [3.8, 4) is 44.5 Å². The predicted octanol–water partition coefficient (Wildman–Crippen LogP) is 12.6. The van der Waals surface area contributed by atoms with E-state index in [1.54, 1.807) is 0 Å². The lowest BCUT2D eigenvalue weighted by Gasteiger charge is -2.19. The molecular formula is C44H28O. The predicted molar refractivity (Wildman–Crippen MR) is 190 cm³/mol. The van der Waals surface area contributed by atoms with Crippen molar-refractivity contribution in [2.75, 3.05) is 0 Å². The largest absolute Gasteiger partial charge is 0.456 e. The van der Waals surface area contributed by atoms with Gasteiger partial charge >= 0.3 is 0 Å². The summed E-state index contributed by atoms with van der Waals surface area (Å²) >= 11 is 0. The van der Waals surface area contributed by atoms with Gasteiger partial charge in [0.1, 0.15) is 11.2 Å². The lowest BCUT2D eigenvalue weighted by molar-refractivity contribution is 0.669. The van der Waals surface area contributed by atoms with E-state index < -0.39 is 0 Å². The fourth-order valence-electron chi connectivity index (χ4n) is 6.72. The van der Waals surface area contributed by atoms with E-state index in [-0.39, 0.29) is 29.7 Å². The number of fused-ring (bicyclic) bond motifs is 5. The normalized spacial score (nSPS) is 12.8. The average molecular weight is 577 g/mol. The molecule has 0 aliphatic rings. The maximum Gasteiger partial charge on any atom is 0.135 e. The second-order valence-electron chi connectivity index (χ2n) is 11.3. The summed E-state index contributed by atoms with van der Waals surface area (Å²) in [6.45, 7) is 0. The molecule has 1 aromatic heterocycles. The molecule has 0 bridgehead atoms. The number of para-hydroxylation sites is 1. The molecule has 0 fully saturated rings. The van der Waals surface area contributed by atoms with E-state index >= 15 is 0 Å². The number of benzene rings is 8. The monoisotopic (exact) mass is 576 g/mol. The Bertz CT molecular complexity index is 2680. The van der Waals surface area contributed by atoms with Crippen molar-refractivity contribution in [2.45, 2.75) is 0 Å². The van der Waals surface area contributed by atoms with Gasteiger partial charge in [0, 0.05) is 10.8 Å². The SMILES string of the molecule is [2H]c1c([2H])c(-c2c3ccccc3c(-c3ccccc3-c3ccccc3)c3ccccc23)c([2H])c([2H])c1-c1ccc2oc3ccccc3c2c1. The van der Waals surface area contributed by atoms with Crippen LogP contribution in [-0.2, 0) is 0 Å². The third-order valence-electron chi connectivity index (χ3n) is 8.75. The summed E-state index contributed by atoms with van der Waals surface area (Å²) in [6, 6.07) is 48.1. The van der Waals surface area contributed by atoms with E-state index in [0.29, 0.717) is 22.3 Å². The Morgan fingerprint density at radius 1 is 0.333 bits per heavy atom. The van der Waals surface area contributed by atoms with E-state index in [9.17, 15) is 5.48 Å². The van der Waals surface area contributed by atoms with Crippen LogP contribution in [0.5, 0.6) is 0 Å². The van der Waals surface area contributed by atoms with Crippen LogP contribution in [-0.4, -0.2) is 0 Å². The third-order valence-corrected chi connectivity index (χ3v) is 8.75. The minimum Gasteiger partial charge on any atom is -0.456 e. The van der Waals surface area contributed by atoms with Crippen molar-refractivity contribution >= 4 is 43.5 Å². The average Bonchev–Trinajstić information content (AvgIpc) is 3.52. The molecule has 45 heavy (non-hydrogen) atoms. The maximum atomic E-state index is 9.43. The first kappa shape index (κ1) is 21.7. The highest BCUT2D eigenvalue weighted by Crippen LogP contribution is 2.46. The zero-order chi connectivity index (χ0) is 33.2. The molecule has 8 aromatic carbocycles. The van der Waals surface area contributed by atoms with E-state index in [1.165, 1.54) is 0 Å². The summed E-state index contributed by atoms with van der Waals surface area (Å²) < 4.78 is 43.5. The summed E-state index contributed by atoms with van der Waals surface area (Å²) in [5.74, 6) is 0. The van der Waals surface area contributed by atoms with Gasteiger partial charge in [-0.1, -0.05) is 152 Å². The Morgan fingerprint density at radius 3 is 1.53 bits per heavy atom. The molecule has 0 unspecified atom stereocenters. The molecule has 0 aliphatic heterocycles. The molecule has 0 amide bonds. The second kappa shape index (κ2) is 10.4.